The molecule has 1 atom stereocenters. The van der Waals surface area contributed by atoms with Crippen LogP contribution in [0.25, 0.3) is 5.57 Å². The summed E-state index contributed by atoms with van der Waals surface area (Å²) in [6, 6.07) is 24.1. The van der Waals surface area contributed by atoms with Crippen LogP contribution in [0.4, 0.5) is 16.3 Å². The van der Waals surface area contributed by atoms with Crippen molar-refractivity contribution in [1.29, 1.82) is 5.26 Å². The van der Waals surface area contributed by atoms with Crippen molar-refractivity contribution in [3.8, 4) is 6.07 Å². The van der Waals surface area contributed by atoms with Crippen LogP contribution in [0.15, 0.2) is 79.0 Å². The van der Waals surface area contributed by atoms with E-state index in [4.69, 9.17) is 10.00 Å². The highest BCUT2D eigenvalue weighted by atomic mass is 16.5. The number of hydrogen-bond donors (Lipinski definition) is 2. The van der Waals surface area contributed by atoms with Crippen molar-refractivity contribution in [3.05, 3.63) is 95.7 Å². The van der Waals surface area contributed by atoms with Crippen molar-refractivity contribution >= 4 is 23.1 Å². The third-order valence-electron chi connectivity index (χ3n) is 6.86. The van der Waals surface area contributed by atoms with Gasteiger partial charge < -0.3 is 15.4 Å². The number of benzene rings is 2. The van der Waals surface area contributed by atoms with Gasteiger partial charge in [-0.15, -0.1) is 0 Å². The van der Waals surface area contributed by atoms with Gasteiger partial charge in [0.1, 0.15) is 11.9 Å². The molecule has 0 aliphatic carbocycles. The molecule has 3 aromatic rings. The fourth-order valence-electron chi connectivity index (χ4n) is 4.75. The molecule has 7 heteroatoms. The first kappa shape index (κ1) is 27.9. The first-order valence-corrected chi connectivity index (χ1v) is 13.8. The average molecular weight is 524 g/mol. The molecule has 1 aliphatic rings. The maximum Gasteiger partial charge on any atom is 0.322 e. The zero-order valence-corrected chi connectivity index (χ0v) is 22.6. The highest BCUT2D eigenvalue weighted by molar-refractivity contribution is 5.92. The number of nitrogens with one attached hydrogen (secondary N) is 2. The van der Waals surface area contributed by atoms with Crippen molar-refractivity contribution in [3.63, 3.8) is 0 Å². The zero-order valence-electron chi connectivity index (χ0n) is 22.6. The molecule has 0 radical (unpaired) electrons. The molecule has 202 valence electrons. The van der Waals surface area contributed by atoms with Crippen molar-refractivity contribution in [1.82, 2.24) is 10.3 Å². The topological polar surface area (TPSA) is 90.3 Å². The van der Waals surface area contributed by atoms with E-state index in [9.17, 15) is 4.79 Å². The van der Waals surface area contributed by atoms with E-state index in [2.05, 4.69) is 46.8 Å². The molecule has 2 aromatic carbocycles. The zero-order chi connectivity index (χ0) is 27.3. The predicted octanol–water partition coefficient (Wildman–Crippen LogP) is 6.53. The van der Waals surface area contributed by atoms with Crippen LogP contribution < -0.4 is 15.5 Å². The summed E-state index contributed by atoms with van der Waals surface area (Å²) in [7, 11) is 0. The minimum Gasteiger partial charge on any atom is -0.377 e. The minimum atomic E-state index is -0.106. The SMILES string of the molecule is CCC[C@@H](CCCN(C(=O)NCc1ccccc1)c1ccc(C2=CCOCC2)cc1)Nc1ccc(C#N)cn1. The van der Waals surface area contributed by atoms with Crippen molar-refractivity contribution in [2.45, 2.75) is 51.6 Å². The summed E-state index contributed by atoms with van der Waals surface area (Å²) in [5, 5.41) is 15.6. The molecule has 2 amide bonds. The molecular weight excluding hydrogens is 486 g/mol. The average Bonchev–Trinajstić information content (AvgIpc) is 2.99. The summed E-state index contributed by atoms with van der Waals surface area (Å²) < 4.78 is 5.45. The largest absolute Gasteiger partial charge is 0.377 e. The number of amides is 2. The number of pyridine rings is 1. The van der Waals surface area contributed by atoms with E-state index in [0.29, 0.717) is 25.3 Å². The number of hydrogen-bond acceptors (Lipinski definition) is 5. The molecule has 7 nitrogen and oxygen atoms in total. The minimum absolute atomic E-state index is 0.106. The molecule has 4 rings (SSSR count). The Morgan fingerprint density at radius 1 is 1.10 bits per heavy atom. The van der Waals surface area contributed by atoms with Crippen LogP contribution in [0.2, 0.25) is 0 Å². The van der Waals surface area contributed by atoms with Crippen LogP contribution in [0.5, 0.6) is 0 Å². The fourth-order valence-corrected chi connectivity index (χ4v) is 4.75. The van der Waals surface area contributed by atoms with E-state index in [1.54, 1.807) is 12.3 Å². The second kappa shape index (κ2) is 14.7. The lowest BCUT2D eigenvalue weighted by atomic mass is 10.0. The second-order valence-electron chi connectivity index (χ2n) is 9.71. The van der Waals surface area contributed by atoms with Gasteiger partial charge in [-0.25, -0.2) is 9.78 Å². The normalized spacial score (nSPS) is 13.6. The highest BCUT2D eigenvalue weighted by Gasteiger charge is 2.18. The maximum absolute atomic E-state index is 13.4. The Labute approximate surface area is 231 Å². The number of anilines is 2. The van der Waals surface area contributed by atoms with Gasteiger partial charge in [0.25, 0.3) is 0 Å². The molecule has 0 fully saturated rings. The van der Waals surface area contributed by atoms with Crippen molar-refractivity contribution in [2.75, 3.05) is 30.0 Å². The Balaban J connectivity index is 1.42. The van der Waals surface area contributed by atoms with Gasteiger partial charge in [0.15, 0.2) is 0 Å². The number of nitrogens with zero attached hydrogens (tertiary/aromatic N) is 3. The van der Waals surface area contributed by atoms with Gasteiger partial charge in [-0.05, 0) is 66.6 Å². The lowest BCUT2D eigenvalue weighted by Crippen LogP contribution is -2.40. The van der Waals surface area contributed by atoms with Gasteiger partial charge in [0.2, 0.25) is 0 Å². The Morgan fingerprint density at radius 3 is 2.59 bits per heavy atom. The molecule has 0 saturated carbocycles. The first-order valence-electron chi connectivity index (χ1n) is 13.8. The molecule has 2 heterocycles. The molecule has 0 spiro atoms. The van der Waals surface area contributed by atoms with Gasteiger partial charge >= 0.3 is 6.03 Å². The monoisotopic (exact) mass is 523 g/mol. The summed E-state index contributed by atoms with van der Waals surface area (Å²) >= 11 is 0. The van der Waals surface area contributed by atoms with Crippen LogP contribution in [-0.4, -0.2) is 36.8 Å². The van der Waals surface area contributed by atoms with Gasteiger partial charge in [-0.1, -0.05) is 61.9 Å². The van der Waals surface area contributed by atoms with Crippen LogP contribution >= 0.6 is 0 Å². The van der Waals surface area contributed by atoms with E-state index in [1.165, 1.54) is 11.1 Å². The molecule has 1 aromatic heterocycles. The third-order valence-corrected chi connectivity index (χ3v) is 6.86. The Kier molecular flexibility index (Phi) is 10.5. The van der Waals surface area contributed by atoms with Gasteiger partial charge in [0, 0.05) is 31.0 Å². The first-order chi connectivity index (χ1) is 19.2. The summed E-state index contributed by atoms with van der Waals surface area (Å²) in [4.78, 5) is 19.6. The standard InChI is InChI=1S/C32H37N5O2/c1-2-7-29(36-31-16-11-26(22-33)24-34-31)10-6-19-37(32(38)35-23-25-8-4-3-5-9-25)30-14-12-27(13-15-30)28-17-20-39-21-18-28/h3-5,8-9,11-17,24,29H,2,6-7,10,18-21,23H2,1H3,(H,34,36)(H,35,38)/t29-/m0/s1. The number of carbonyl (C=O) groups excluding carboxylic acids is 1. The summed E-state index contributed by atoms with van der Waals surface area (Å²) in [6.07, 6.45) is 8.38. The highest BCUT2D eigenvalue weighted by Crippen LogP contribution is 2.25. The van der Waals surface area contributed by atoms with Crippen LogP contribution in [0.3, 0.4) is 0 Å². The lowest BCUT2D eigenvalue weighted by molar-refractivity contribution is 0.161. The second-order valence-corrected chi connectivity index (χ2v) is 9.71. The van der Waals surface area contributed by atoms with Crippen molar-refractivity contribution in [2.24, 2.45) is 0 Å². The molecule has 2 N–H and O–H groups in total. The molecule has 39 heavy (non-hydrogen) atoms. The number of nitriles is 1. The fraction of sp³-hybridized carbons (Fsp3) is 0.344. The molecular formula is C32H37N5O2. The maximum atomic E-state index is 13.4. The number of ether oxygens (including phenoxy) is 1. The Morgan fingerprint density at radius 2 is 1.92 bits per heavy atom. The Bertz CT molecular complexity index is 1250. The quantitative estimate of drug-likeness (QED) is 0.282. The third kappa shape index (κ3) is 8.42. The molecule has 1 aliphatic heterocycles. The predicted molar refractivity (Wildman–Crippen MR) is 156 cm³/mol. The Hall–Kier alpha value is -4.15. The lowest BCUT2D eigenvalue weighted by Gasteiger charge is -2.25. The van der Waals surface area contributed by atoms with Gasteiger partial charge in [-0.2, -0.15) is 5.26 Å². The molecule has 0 unspecified atom stereocenters. The van der Waals surface area contributed by atoms with Gasteiger partial charge in [-0.3, -0.25) is 4.90 Å². The number of aromatic nitrogens is 1. The summed E-state index contributed by atoms with van der Waals surface area (Å²) in [5.74, 6) is 0.767. The molecule has 0 saturated heterocycles. The summed E-state index contributed by atoms with van der Waals surface area (Å²) in [5.41, 5.74) is 4.95. The summed E-state index contributed by atoms with van der Waals surface area (Å²) in [6.45, 7) is 4.63. The number of urea groups is 1. The number of rotatable bonds is 12. The van der Waals surface area contributed by atoms with E-state index >= 15 is 0 Å². The van der Waals surface area contributed by atoms with Crippen LogP contribution in [0.1, 0.15) is 55.7 Å². The van der Waals surface area contributed by atoms with E-state index in [0.717, 1.165) is 55.8 Å². The van der Waals surface area contributed by atoms with E-state index in [1.807, 2.05) is 53.4 Å². The van der Waals surface area contributed by atoms with Crippen LogP contribution in [-0.2, 0) is 11.3 Å². The smallest absolute Gasteiger partial charge is 0.322 e. The molecule has 0 bridgehead atoms. The van der Waals surface area contributed by atoms with E-state index < -0.39 is 0 Å². The van der Waals surface area contributed by atoms with Gasteiger partial charge in [0.05, 0.1) is 18.8 Å². The van der Waals surface area contributed by atoms with E-state index in [-0.39, 0.29) is 12.1 Å². The van der Waals surface area contributed by atoms with Crippen molar-refractivity contribution < 1.29 is 9.53 Å². The van der Waals surface area contributed by atoms with Crippen LogP contribution in [0, 0.1) is 11.3 Å². The number of carbonyl (C=O) groups is 1.